The van der Waals surface area contributed by atoms with E-state index < -0.39 is 17.6 Å². The summed E-state index contributed by atoms with van der Waals surface area (Å²) in [4.78, 5) is 12.5. The van der Waals surface area contributed by atoms with E-state index in [-0.39, 0.29) is 5.69 Å². The number of hydrogen-bond acceptors (Lipinski definition) is 3. The number of anilines is 1. The molecule has 0 unspecified atom stereocenters. The lowest BCUT2D eigenvalue weighted by molar-refractivity contribution is -0.137. The fraction of sp³-hybridized carbons (Fsp3) is 0.292. The van der Waals surface area contributed by atoms with Crippen LogP contribution in [0.25, 0.3) is 16.5 Å². The maximum absolute atomic E-state index is 12.7. The molecule has 0 fully saturated rings. The van der Waals surface area contributed by atoms with Crippen LogP contribution in [0.1, 0.15) is 41.9 Å². The fourth-order valence-corrected chi connectivity index (χ4v) is 3.43. The fourth-order valence-electron chi connectivity index (χ4n) is 3.43. The summed E-state index contributed by atoms with van der Waals surface area (Å²) in [6, 6.07) is 6.25. The van der Waals surface area contributed by atoms with Gasteiger partial charge in [0.05, 0.1) is 12.2 Å². The average Bonchev–Trinajstić information content (AvgIpc) is 2.98. The summed E-state index contributed by atoms with van der Waals surface area (Å²) in [5.74, 6) is 1.01. The van der Waals surface area contributed by atoms with Gasteiger partial charge in [-0.3, -0.25) is 4.79 Å². The maximum atomic E-state index is 12.7. The van der Waals surface area contributed by atoms with Crippen LogP contribution in [-0.2, 0) is 11.0 Å². The van der Waals surface area contributed by atoms with Crippen molar-refractivity contribution < 1.29 is 27.1 Å². The van der Waals surface area contributed by atoms with Crippen molar-refractivity contribution in [2.24, 2.45) is 0 Å². The largest absolute Gasteiger partial charge is 0.493 e. The number of fused-ring (bicyclic) bond motifs is 1. The molecule has 31 heavy (non-hydrogen) atoms. The van der Waals surface area contributed by atoms with Crippen molar-refractivity contribution in [2.75, 3.05) is 11.9 Å². The van der Waals surface area contributed by atoms with Crippen molar-refractivity contribution in [2.45, 2.75) is 40.8 Å². The molecule has 0 aliphatic rings. The van der Waals surface area contributed by atoms with Gasteiger partial charge in [-0.05, 0) is 76.1 Å². The number of carbonyl (C=O) groups is 1. The first-order chi connectivity index (χ1) is 14.5. The normalized spacial score (nSPS) is 12.3. The number of carbonyl (C=O) groups excluding carboxylic acids is 1. The number of nitrogens with one attached hydrogen (secondary N) is 1. The average molecular weight is 431 g/mol. The number of halogens is 3. The third-order valence-electron chi connectivity index (χ3n) is 5.19. The van der Waals surface area contributed by atoms with Crippen LogP contribution in [0.2, 0.25) is 0 Å². The number of ether oxygens (including phenoxy) is 1. The molecule has 3 rings (SSSR count). The van der Waals surface area contributed by atoms with Crippen LogP contribution in [0.3, 0.4) is 0 Å². The summed E-state index contributed by atoms with van der Waals surface area (Å²) in [5, 5.41) is 3.55. The van der Waals surface area contributed by atoms with E-state index in [9.17, 15) is 18.0 Å². The lowest BCUT2D eigenvalue weighted by atomic mass is 9.98. The van der Waals surface area contributed by atoms with E-state index in [1.54, 1.807) is 6.92 Å². The molecule has 164 valence electrons. The number of hydrogen-bond donors (Lipinski definition) is 1. The first kappa shape index (κ1) is 22.5. The second-order valence-electron chi connectivity index (χ2n) is 7.36. The van der Waals surface area contributed by atoms with Crippen LogP contribution in [-0.4, -0.2) is 12.5 Å². The summed E-state index contributed by atoms with van der Waals surface area (Å²) < 4.78 is 49.8. The van der Waals surface area contributed by atoms with Crippen molar-refractivity contribution >= 4 is 28.1 Å². The predicted octanol–water partition coefficient (Wildman–Crippen LogP) is 6.82. The van der Waals surface area contributed by atoms with E-state index in [1.165, 1.54) is 18.2 Å². The van der Waals surface area contributed by atoms with Crippen molar-refractivity contribution in [3.05, 3.63) is 64.4 Å². The van der Waals surface area contributed by atoms with Gasteiger partial charge in [-0.1, -0.05) is 0 Å². The van der Waals surface area contributed by atoms with Crippen LogP contribution in [0.15, 0.2) is 40.8 Å². The van der Waals surface area contributed by atoms with Crippen molar-refractivity contribution in [3.63, 3.8) is 0 Å². The maximum Gasteiger partial charge on any atom is 0.416 e. The van der Waals surface area contributed by atoms with Crippen LogP contribution in [0.4, 0.5) is 18.9 Å². The van der Waals surface area contributed by atoms with Gasteiger partial charge < -0.3 is 14.5 Å². The molecule has 1 heterocycles. The Morgan fingerprint density at radius 1 is 1.13 bits per heavy atom. The number of allylic oxidation sites excluding steroid dienone is 1. The quantitative estimate of drug-likeness (QED) is 0.451. The van der Waals surface area contributed by atoms with E-state index in [2.05, 4.69) is 5.32 Å². The zero-order chi connectivity index (χ0) is 22.9. The lowest BCUT2D eigenvalue weighted by Gasteiger charge is -2.14. The molecule has 3 aromatic rings. The number of aryl methyl sites for hydroxylation is 3. The molecule has 4 nitrogen and oxygen atoms in total. The van der Waals surface area contributed by atoms with E-state index >= 15 is 0 Å². The Kier molecular flexibility index (Phi) is 6.15. The molecule has 0 bridgehead atoms. The molecule has 7 heteroatoms. The highest BCUT2D eigenvalue weighted by Crippen LogP contribution is 2.39. The van der Waals surface area contributed by atoms with E-state index in [4.69, 9.17) is 9.15 Å². The highest BCUT2D eigenvalue weighted by atomic mass is 19.4. The number of rotatable bonds is 5. The Bertz CT molecular complexity index is 1160. The Labute approximate surface area is 178 Å². The van der Waals surface area contributed by atoms with Crippen molar-refractivity contribution in [1.29, 1.82) is 0 Å². The van der Waals surface area contributed by atoms with E-state index in [0.717, 1.165) is 45.6 Å². The van der Waals surface area contributed by atoms with Crippen molar-refractivity contribution in [3.8, 4) is 5.75 Å². The van der Waals surface area contributed by atoms with Crippen LogP contribution in [0, 0.1) is 20.8 Å². The SMILES string of the molecule is CCOc1c(/C(C)=C/C(=O)Nc2ccc(C(F)(F)F)cc2)cc2c(C)c(C)oc2c1C. The lowest BCUT2D eigenvalue weighted by Crippen LogP contribution is -2.10. The van der Waals surface area contributed by atoms with Gasteiger partial charge in [0.2, 0.25) is 5.91 Å². The Morgan fingerprint density at radius 3 is 2.35 bits per heavy atom. The predicted molar refractivity (Wildman–Crippen MR) is 115 cm³/mol. The van der Waals surface area contributed by atoms with Gasteiger partial charge in [0.25, 0.3) is 0 Å². The summed E-state index contributed by atoms with van der Waals surface area (Å²) >= 11 is 0. The number of amides is 1. The second-order valence-corrected chi connectivity index (χ2v) is 7.36. The van der Waals surface area contributed by atoms with Gasteiger partial charge in [0, 0.05) is 28.3 Å². The van der Waals surface area contributed by atoms with Gasteiger partial charge in [-0.25, -0.2) is 0 Å². The summed E-state index contributed by atoms with van der Waals surface area (Å²) in [6.07, 6.45) is -3.02. The number of benzene rings is 2. The molecule has 1 amide bonds. The molecular formula is C24H24F3NO3. The smallest absolute Gasteiger partial charge is 0.416 e. The molecule has 0 radical (unpaired) electrons. The minimum atomic E-state index is -4.42. The highest BCUT2D eigenvalue weighted by molar-refractivity contribution is 6.05. The minimum Gasteiger partial charge on any atom is -0.493 e. The first-order valence-corrected chi connectivity index (χ1v) is 9.86. The minimum absolute atomic E-state index is 0.278. The molecule has 0 saturated heterocycles. The molecule has 0 aliphatic carbocycles. The number of alkyl halides is 3. The molecule has 0 aliphatic heterocycles. The third-order valence-corrected chi connectivity index (χ3v) is 5.19. The Hall–Kier alpha value is -3.22. The molecule has 0 saturated carbocycles. The zero-order valence-electron chi connectivity index (χ0n) is 18.0. The van der Waals surface area contributed by atoms with Crippen LogP contribution in [0.5, 0.6) is 5.75 Å². The second kappa shape index (κ2) is 8.49. The molecule has 2 aromatic carbocycles. The molecule has 1 N–H and O–H groups in total. The number of furan rings is 1. The molecular weight excluding hydrogens is 407 g/mol. The van der Waals surface area contributed by atoms with Gasteiger partial charge in [-0.2, -0.15) is 13.2 Å². The first-order valence-electron chi connectivity index (χ1n) is 9.86. The van der Waals surface area contributed by atoms with Gasteiger partial charge in [0.15, 0.2) is 0 Å². The van der Waals surface area contributed by atoms with Gasteiger partial charge in [-0.15, -0.1) is 0 Å². The monoisotopic (exact) mass is 431 g/mol. The standard InChI is InChI=1S/C24H24F3NO3/c1-6-30-22-15(4)23-20(14(3)16(5)31-23)12-19(22)13(2)11-21(29)28-18-9-7-17(8-10-18)24(25,26)27/h7-12H,6H2,1-5H3,(H,28,29)/b13-11+. The van der Waals surface area contributed by atoms with Crippen LogP contribution < -0.4 is 10.1 Å². The van der Waals surface area contributed by atoms with E-state index in [1.807, 2.05) is 33.8 Å². The molecule has 0 spiro atoms. The highest BCUT2D eigenvalue weighted by Gasteiger charge is 2.30. The van der Waals surface area contributed by atoms with Gasteiger partial charge >= 0.3 is 6.18 Å². The third kappa shape index (κ3) is 4.60. The van der Waals surface area contributed by atoms with Gasteiger partial charge in [0.1, 0.15) is 17.1 Å². The zero-order valence-corrected chi connectivity index (χ0v) is 18.0. The van der Waals surface area contributed by atoms with E-state index in [0.29, 0.717) is 17.9 Å². The Morgan fingerprint density at radius 2 is 1.77 bits per heavy atom. The summed E-state index contributed by atoms with van der Waals surface area (Å²) in [5.41, 5.74) is 3.55. The molecule has 0 atom stereocenters. The molecule has 1 aromatic heterocycles. The topological polar surface area (TPSA) is 51.5 Å². The van der Waals surface area contributed by atoms with Crippen LogP contribution >= 0.6 is 0 Å². The van der Waals surface area contributed by atoms with Crippen molar-refractivity contribution in [1.82, 2.24) is 0 Å². The Balaban J connectivity index is 1.93. The summed E-state index contributed by atoms with van der Waals surface area (Å²) in [6.45, 7) is 9.90. The summed E-state index contributed by atoms with van der Waals surface area (Å²) in [7, 11) is 0.